The lowest BCUT2D eigenvalue weighted by molar-refractivity contribution is 1.25. The molecule has 0 saturated carbocycles. The molecule has 1 unspecified atom stereocenters. The summed E-state index contributed by atoms with van der Waals surface area (Å²) in [5, 5.41) is 0. The zero-order valence-corrected chi connectivity index (χ0v) is 8.14. The van der Waals surface area contributed by atoms with E-state index in [-0.39, 0.29) is 4.83 Å². The SMILES string of the molecule is C=CC(Br)c1ccc(C)cc1. The molecule has 0 aliphatic heterocycles. The minimum Gasteiger partial charge on any atom is -0.102 e. The molecule has 11 heavy (non-hydrogen) atoms. The number of benzene rings is 1. The molecule has 0 aliphatic rings. The Morgan fingerprint density at radius 3 is 2.36 bits per heavy atom. The second-order valence-corrected chi connectivity index (χ2v) is 3.53. The molecule has 0 nitrogen and oxygen atoms in total. The number of aryl methyl sites for hydroxylation is 1. The lowest BCUT2D eigenvalue weighted by atomic mass is 10.1. The van der Waals surface area contributed by atoms with Gasteiger partial charge < -0.3 is 0 Å². The first-order valence-corrected chi connectivity index (χ1v) is 4.49. The molecular formula is C10H11Br. The van der Waals surface area contributed by atoms with Gasteiger partial charge in [-0.05, 0) is 12.5 Å². The molecular weight excluding hydrogens is 200 g/mol. The van der Waals surface area contributed by atoms with Crippen LogP contribution in [0.3, 0.4) is 0 Å². The summed E-state index contributed by atoms with van der Waals surface area (Å²) >= 11 is 3.49. The summed E-state index contributed by atoms with van der Waals surface area (Å²) in [6.07, 6.45) is 1.88. The second kappa shape index (κ2) is 3.72. The van der Waals surface area contributed by atoms with E-state index in [9.17, 15) is 0 Å². The quantitative estimate of drug-likeness (QED) is 0.517. The van der Waals surface area contributed by atoms with E-state index < -0.39 is 0 Å². The molecule has 0 bridgehead atoms. The molecule has 0 aliphatic carbocycles. The topological polar surface area (TPSA) is 0 Å². The van der Waals surface area contributed by atoms with Crippen molar-refractivity contribution in [2.45, 2.75) is 11.8 Å². The summed E-state index contributed by atoms with van der Waals surface area (Å²) in [7, 11) is 0. The van der Waals surface area contributed by atoms with Gasteiger partial charge in [-0.15, -0.1) is 6.58 Å². The third-order valence-corrected chi connectivity index (χ3v) is 2.51. The molecule has 1 aromatic rings. The van der Waals surface area contributed by atoms with Crippen LogP contribution in [0.2, 0.25) is 0 Å². The second-order valence-electron chi connectivity index (χ2n) is 2.55. The maximum Gasteiger partial charge on any atom is 0.0572 e. The van der Waals surface area contributed by atoms with E-state index >= 15 is 0 Å². The van der Waals surface area contributed by atoms with Crippen LogP contribution in [0.4, 0.5) is 0 Å². The molecule has 0 heterocycles. The minimum atomic E-state index is 0.281. The normalized spacial score (nSPS) is 12.5. The van der Waals surface area contributed by atoms with E-state index in [1.54, 1.807) is 0 Å². The maximum atomic E-state index is 3.71. The van der Waals surface area contributed by atoms with Crippen molar-refractivity contribution in [2.75, 3.05) is 0 Å². The van der Waals surface area contributed by atoms with Crippen molar-refractivity contribution < 1.29 is 0 Å². The first-order chi connectivity index (χ1) is 5.24. The first-order valence-electron chi connectivity index (χ1n) is 3.57. The number of allylic oxidation sites excluding steroid dienone is 1. The highest BCUT2D eigenvalue weighted by atomic mass is 79.9. The predicted molar refractivity (Wildman–Crippen MR) is 53.0 cm³/mol. The van der Waals surface area contributed by atoms with Gasteiger partial charge in [0.05, 0.1) is 4.83 Å². The fraction of sp³-hybridized carbons (Fsp3) is 0.200. The third kappa shape index (κ3) is 2.19. The highest BCUT2D eigenvalue weighted by Crippen LogP contribution is 2.23. The molecule has 0 N–H and O–H groups in total. The van der Waals surface area contributed by atoms with Crippen LogP contribution in [0.1, 0.15) is 16.0 Å². The Morgan fingerprint density at radius 1 is 1.36 bits per heavy atom. The Kier molecular flexibility index (Phi) is 2.89. The Bertz CT molecular complexity index is 236. The molecule has 1 aromatic carbocycles. The Morgan fingerprint density at radius 2 is 1.91 bits per heavy atom. The van der Waals surface area contributed by atoms with Gasteiger partial charge in [-0.25, -0.2) is 0 Å². The smallest absolute Gasteiger partial charge is 0.0572 e. The van der Waals surface area contributed by atoms with E-state index in [4.69, 9.17) is 0 Å². The van der Waals surface area contributed by atoms with Gasteiger partial charge in [0.1, 0.15) is 0 Å². The molecule has 1 atom stereocenters. The number of rotatable bonds is 2. The van der Waals surface area contributed by atoms with E-state index in [2.05, 4.69) is 53.7 Å². The molecule has 1 heteroatoms. The molecule has 0 spiro atoms. The molecule has 58 valence electrons. The lowest BCUT2D eigenvalue weighted by Crippen LogP contribution is -1.83. The van der Waals surface area contributed by atoms with Gasteiger partial charge in [-0.1, -0.05) is 51.8 Å². The summed E-state index contributed by atoms with van der Waals surface area (Å²) in [5.74, 6) is 0. The van der Waals surface area contributed by atoms with Crippen LogP contribution in [0.25, 0.3) is 0 Å². The van der Waals surface area contributed by atoms with E-state index in [1.165, 1.54) is 11.1 Å². The number of hydrogen-bond donors (Lipinski definition) is 0. The minimum absolute atomic E-state index is 0.281. The summed E-state index contributed by atoms with van der Waals surface area (Å²) < 4.78 is 0. The van der Waals surface area contributed by atoms with Crippen LogP contribution >= 0.6 is 15.9 Å². The highest BCUT2D eigenvalue weighted by Gasteiger charge is 1.99. The van der Waals surface area contributed by atoms with Crippen molar-refractivity contribution >= 4 is 15.9 Å². The van der Waals surface area contributed by atoms with Gasteiger partial charge in [-0.2, -0.15) is 0 Å². The fourth-order valence-electron chi connectivity index (χ4n) is 0.886. The molecule has 0 amide bonds. The van der Waals surface area contributed by atoms with Crippen LogP contribution in [0, 0.1) is 6.92 Å². The molecule has 0 aromatic heterocycles. The van der Waals surface area contributed by atoms with Crippen molar-refractivity contribution in [3.8, 4) is 0 Å². The van der Waals surface area contributed by atoms with Gasteiger partial charge in [0.2, 0.25) is 0 Å². The molecule has 0 radical (unpaired) electrons. The monoisotopic (exact) mass is 210 g/mol. The van der Waals surface area contributed by atoms with Crippen molar-refractivity contribution in [1.29, 1.82) is 0 Å². The van der Waals surface area contributed by atoms with Crippen molar-refractivity contribution in [2.24, 2.45) is 0 Å². The highest BCUT2D eigenvalue weighted by molar-refractivity contribution is 9.09. The number of halogens is 1. The van der Waals surface area contributed by atoms with Crippen LogP contribution in [0.5, 0.6) is 0 Å². The van der Waals surface area contributed by atoms with E-state index in [0.29, 0.717) is 0 Å². The molecule has 0 saturated heterocycles. The van der Waals surface area contributed by atoms with Gasteiger partial charge in [0.15, 0.2) is 0 Å². The van der Waals surface area contributed by atoms with Crippen molar-refractivity contribution in [3.05, 3.63) is 48.0 Å². The van der Waals surface area contributed by atoms with E-state index in [1.807, 2.05) is 6.08 Å². The Hall–Kier alpha value is -0.560. The van der Waals surface area contributed by atoms with Gasteiger partial charge >= 0.3 is 0 Å². The Labute approximate surface area is 76.1 Å². The third-order valence-electron chi connectivity index (χ3n) is 1.60. The van der Waals surface area contributed by atoms with E-state index in [0.717, 1.165) is 0 Å². The van der Waals surface area contributed by atoms with Crippen LogP contribution in [0.15, 0.2) is 36.9 Å². The summed E-state index contributed by atoms with van der Waals surface area (Å²) in [6.45, 7) is 5.80. The average Bonchev–Trinajstić information content (AvgIpc) is 2.05. The van der Waals surface area contributed by atoms with Crippen molar-refractivity contribution in [1.82, 2.24) is 0 Å². The van der Waals surface area contributed by atoms with Crippen LogP contribution in [-0.2, 0) is 0 Å². The zero-order valence-electron chi connectivity index (χ0n) is 6.55. The lowest BCUT2D eigenvalue weighted by Gasteiger charge is -2.03. The van der Waals surface area contributed by atoms with Gasteiger partial charge in [0, 0.05) is 0 Å². The first kappa shape index (κ1) is 8.54. The zero-order chi connectivity index (χ0) is 8.27. The summed E-state index contributed by atoms with van der Waals surface area (Å²) in [6, 6.07) is 8.42. The summed E-state index contributed by atoms with van der Waals surface area (Å²) in [5.41, 5.74) is 2.54. The maximum absolute atomic E-state index is 3.71. The van der Waals surface area contributed by atoms with Crippen LogP contribution in [-0.4, -0.2) is 0 Å². The van der Waals surface area contributed by atoms with Gasteiger partial charge in [0.25, 0.3) is 0 Å². The average molecular weight is 211 g/mol. The standard InChI is InChI=1S/C10H11Br/c1-3-10(11)9-6-4-8(2)5-7-9/h3-7,10H,1H2,2H3. The number of hydrogen-bond acceptors (Lipinski definition) is 0. The molecule has 1 rings (SSSR count). The van der Waals surface area contributed by atoms with Crippen LogP contribution < -0.4 is 0 Å². The number of alkyl halides is 1. The molecule has 0 fully saturated rings. The summed E-state index contributed by atoms with van der Waals surface area (Å²) in [4.78, 5) is 0.281. The van der Waals surface area contributed by atoms with Gasteiger partial charge in [-0.3, -0.25) is 0 Å². The predicted octanol–water partition coefficient (Wildman–Crippen LogP) is 3.62. The largest absolute Gasteiger partial charge is 0.102 e. The van der Waals surface area contributed by atoms with Crippen molar-refractivity contribution in [3.63, 3.8) is 0 Å². The fourth-order valence-corrected chi connectivity index (χ4v) is 1.19. The Balaban J connectivity index is 2.89.